The minimum atomic E-state index is 0.0165. The van der Waals surface area contributed by atoms with Gasteiger partial charge in [0.15, 0.2) is 5.16 Å². The molecule has 0 radical (unpaired) electrons. The van der Waals surface area contributed by atoms with Crippen LogP contribution in [0.1, 0.15) is 17.4 Å². The first-order valence-corrected chi connectivity index (χ1v) is 11.1. The zero-order valence-electron chi connectivity index (χ0n) is 16.1. The van der Waals surface area contributed by atoms with Crippen LogP contribution in [0.25, 0.3) is 15.9 Å². The Morgan fingerprint density at radius 2 is 2.14 bits per heavy atom. The smallest absolute Gasteiger partial charge is 0.267 e. The molecule has 1 aliphatic rings. The lowest BCUT2D eigenvalue weighted by Crippen LogP contribution is -2.27. The zero-order chi connectivity index (χ0) is 19.7. The number of likely N-dealkylation sites (N-methyl/N-ethyl adjacent to an activating group) is 1. The quantitative estimate of drug-likeness (QED) is 0.346. The van der Waals surface area contributed by atoms with Gasteiger partial charge >= 0.3 is 0 Å². The van der Waals surface area contributed by atoms with E-state index in [1.165, 1.54) is 22.2 Å². The molecule has 0 spiro atoms. The topological polar surface area (TPSA) is 47.4 Å². The van der Waals surface area contributed by atoms with E-state index in [1.807, 2.05) is 37.3 Å². The Kier molecular flexibility index (Phi) is 5.57. The van der Waals surface area contributed by atoms with Crippen molar-refractivity contribution in [2.24, 2.45) is 0 Å². The minimum absolute atomic E-state index is 0.0165. The van der Waals surface area contributed by atoms with Gasteiger partial charge in [0.05, 0.1) is 17.7 Å². The van der Waals surface area contributed by atoms with Gasteiger partial charge in [0.2, 0.25) is 0 Å². The summed E-state index contributed by atoms with van der Waals surface area (Å²) in [6.07, 6.45) is 2.73. The molecule has 0 amide bonds. The molecule has 2 aromatic heterocycles. The number of fused-ring (bicyclic) bond motifs is 3. The summed E-state index contributed by atoms with van der Waals surface area (Å²) in [5.41, 5.74) is 2.00. The maximum Gasteiger partial charge on any atom is 0.267 e. The third-order valence-corrected chi connectivity index (χ3v) is 6.82. The molecule has 1 aliphatic heterocycles. The molecule has 0 aliphatic carbocycles. The average molecular weight is 414 g/mol. The van der Waals surface area contributed by atoms with Crippen molar-refractivity contribution in [2.75, 3.05) is 26.0 Å². The van der Waals surface area contributed by atoms with Crippen LogP contribution in [-0.4, -0.2) is 40.4 Å². The highest BCUT2D eigenvalue weighted by Gasteiger charge is 2.24. The molecular formula is C21H23N3O2S2. The molecule has 0 saturated heterocycles. The van der Waals surface area contributed by atoms with Gasteiger partial charge in [0.1, 0.15) is 10.6 Å². The van der Waals surface area contributed by atoms with E-state index < -0.39 is 0 Å². The Balaban J connectivity index is 1.90. The number of hydrogen-bond acceptors (Lipinski definition) is 6. The van der Waals surface area contributed by atoms with Gasteiger partial charge in [-0.25, -0.2) is 4.98 Å². The van der Waals surface area contributed by atoms with E-state index >= 15 is 0 Å². The molecule has 1 aromatic carbocycles. The van der Waals surface area contributed by atoms with Crippen LogP contribution in [0.15, 0.2) is 46.9 Å². The normalized spacial score (nSPS) is 14.2. The van der Waals surface area contributed by atoms with E-state index in [1.54, 1.807) is 15.9 Å². The molecule has 0 fully saturated rings. The lowest BCUT2D eigenvalue weighted by molar-refractivity contribution is 0.318. The van der Waals surface area contributed by atoms with Crippen LogP contribution in [0.3, 0.4) is 0 Å². The van der Waals surface area contributed by atoms with Crippen LogP contribution >= 0.6 is 23.1 Å². The van der Waals surface area contributed by atoms with Gasteiger partial charge < -0.3 is 9.64 Å². The number of aromatic nitrogens is 2. The van der Waals surface area contributed by atoms with Crippen molar-refractivity contribution in [3.63, 3.8) is 0 Å². The van der Waals surface area contributed by atoms with E-state index in [2.05, 4.69) is 18.5 Å². The Morgan fingerprint density at radius 3 is 2.86 bits per heavy atom. The number of rotatable bonds is 6. The van der Waals surface area contributed by atoms with Crippen molar-refractivity contribution in [1.29, 1.82) is 0 Å². The molecule has 0 unspecified atom stereocenters. The Morgan fingerprint density at radius 1 is 1.36 bits per heavy atom. The van der Waals surface area contributed by atoms with E-state index in [4.69, 9.17) is 9.72 Å². The van der Waals surface area contributed by atoms with Gasteiger partial charge in [0.25, 0.3) is 5.56 Å². The summed E-state index contributed by atoms with van der Waals surface area (Å²) in [5, 5.41) is 1.48. The van der Waals surface area contributed by atoms with Crippen molar-refractivity contribution in [3.05, 3.63) is 57.7 Å². The summed E-state index contributed by atoms with van der Waals surface area (Å²) in [6, 6.07) is 7.64. The van der Waals surface area contributed by atoms with Crippen molar-refractivity contribution in [1.82, 2.24) is 14.5 Å². The second-order valence-electron chi connectivity index (χ2n) is 6.73. The highest BCUT2D eigenvalue weighted by atomic mass is 32.2. The van der Waals surface area contributed by atoms with Gasteiger partial charge in [-0.1, -0.05) is 17.8 Å². The van der Waals surface area contributed by atoms with Gasteiger partial charge in [-0.05, 0) is 50.2 Å². The lowest BCUT2D eigenvalue weighted by atomic mass is 10.1. The Hall–Kier alpha value is -2.09. The van der Waals surface area contributed by atoms with Crippen molar-refractivity contribution >= 4 is 33.3 Å². The molecule has 0 bridgehead atoms. The number of thiophene rings is 1. The molecule has 146 valence electrons. The number of nitrogens with zero attached hydrogens (tertiary/aromatic N) is 3. The Labute approximate surface area is 172 Å². The van der Waals surface area contributed by atoms with Crippen LogP contribution in [0.5, 0.6) is 5.75 Å². The number of hydrogen-bond donors (Lipinski definition) is 0. The average Bonchev–Trinajstić information content (AvgIpc) is 3.05. The third kappa shape index (κ3) is 3.50. The van der Waals surface area contributed by atoms with E-state index in [-0.39, 0.29) is 5.56 Å². The molecule has 7 heteroatoms. The second kappa shape index (κ2) is 8.11. The molecule has 5 nitrogen and oxygen atoms in total. The van der Waals surface area contributed by atoms with Crippen LogP contribution in [0.2, 0.25) is 0 Å². The maximum absolute atomic E-state index is 13.6. The number of ether oxygens (including phenoxy) is 1. The fourth-order valence-electron chi connectivity index (χ4n) is 3.47. The van der Waals surface area contributed by atoms with Gasteiger partial charge in [-0.3, -0.25) is 9.36 Å². The van der Waals surface area contributed by atoms with E-state index in [9.17, 15) is 4.79 Å². The lowest BCUT2D eigenvalue weighted by Gasteiger charge is -2.21. The summed E-state index contributed by atoms with van der Waals surface area (Å²) in [4.78, 5) is 22.9. The highest BCUT2D eigenvalue weighted by molar-refractivity contribution is 7.99. The molecule has 0 atom stereocenters. The summed E-state index contributed by atoms with van der Waals surface area (Å²) in [7, 11) is 2.12. The fraction of sp³-hybridized carbons (Fsp3) is 0.333. The van der Waals surface area contributed by atoms with Gasteiger partial charge in [-0.2, -0.15) is 0 Å². The largest absolute Gasteiger partial charge is 0.494 e. The molecule has 4 rings (SSSR count). The van der Waals surface area contributed by atoms with Gasteiger partial charge in [0, 0.05) is 23.7 Å². The fourth-order valence-corrected chi connectivity index (χ4v) is 5.56. The first kappa shape index (κ1) is 19.2. The number of benzene rings is 1. The second-order valence-corrected chi connectivity index (χ2v) is 8.80. The number of thioether (sulfide) groups is 1. The first-order valence-electron chi connectivity index (χ1n) is 9.35. The van der Waals surface area contributed by atoms with Crippen molar-refractivity contribution in [2.45, 2.75) is 25.0 Å². The third-order valence-electron chi connectivity index (χ3n) is 4.77. The van der Waals surface area contributed by atoms with E-state index in [0.29, 0.717) is 17.5 Å². The summed E-state index contributed by atoms with van der Waals surface area (Å²) < 4.78 is 7.27. The van der Waals surface area contributed by atoms with Crippen molar-refractivity contribution < 1.29 is 4.74 Å². The summed E-state index contributed by atoms with van der Waals surface area (Å²) in [6.45, 7) is 8.22. The van der Waals surface area contributed by atoms with Crippen LogP contribution in [0, 0.1) is 0 Å². The predicted molar refractivity (Wildman–Crippen MR) is 117 cm³/mol. The standard InChI is InChI=1S/C21H23N3O2S2/c1-4-12-27-21-22-19-18(16-10-11-23(3)13-17(16)28-19)20(25)24(21)14-6-8-15(9-7-14)26-5-2/h4,6-9H,1,5,10-13H2,2-3H3. The molecule has 28 heavy (non-hydrogen) atoms. The monoisotopic (exact) mass is 413 g/mol. The molecule has 3 heterocycles. The van der Waals surface area contributed by atoms with Crippen LogP contribution in [-0.2, 0) is 13.0 Å². The van der Waals surface area contributed by atoms with Crippen LogP contribution in [0.4, 0.5) is 0 Å². The SMILES string of the molecule is C=CCSc1nc2sc3c(c2c(=O)n1-c1ccc(OCC)cc1)CCN(C)C3. The molecular weight excluding hydrogens is 390 g/mol. The maximum atomic E-state index is 13.6. The van der Waals surface area contributed by atoms with E-state index in [0.717, 1.165) is 41.2 Å². The predicted octanol–water partition coefficient (Wildman–Crippen LogP) is 4.11. The summed E-state index contributed by atoms with van der Waals surface area (Å²) in [5.74, 6) is 1.49. The Bertz CT molecular complexity index is 1070. The minimum Gasteiger partial charge on any atom is -0.494 e. The zero-order valence-corrected chi connectivity index (χ0v) is 17.7. The molecule has 0 saturated carbocycles. The highest BCUT2D eigenvalue weighted by Crippen LogP contribution is 2.34. The van der Waals surface area contributed by atoms with Gasteiger partial charge in [-0.15, -0.1) is 17.9 Å². The molecule has 3 aromatic rings. The van der Waals surface area contributed by atoms with Crippen LogP contribution < -0.4 is 10.3 Å². The molecule has 0 N–H and O–H groups in total. The summed E-state index contributed by atoms with van der Waals surface area (Å²) >= 11 is 3.18. The first-order chi connectivity index (χ1) is 13.6. The van der Waals surface area contributed by atoms with Crippen molar-refractivity contribution in [3.8, 4) is 11.4 Å².